The molecule has 0 fully saturated rings. The molecule has 1 heterocycles. The maximum atomic E-state index is 12.5. The zero-order valence-corrected chi connectivity index (χ0v) is 11.3. The third-order valence-corrected chi connectivity index (χ3v) is 3.35. The molecule has 0 aliphatic rings. The van der Waals surface area contributed by atoms with E-state index in [0.29, 0.717) is 11.1 Å². The first kappa shape index (κ1) is 13.4. The SMILES string of the molecule is Cc1nn(-c2ccc([NH+]([O-])O)cc2)c(=O)c2ccccc12. The van der Waals surface area contributed by atoms with Gasteiger partial charge in [0.05, 0.1) is 16.8 Å². The Kier molecular flexibility index (Phi) is 3.26. The monoisotopic (exact) mass is 283 g/mol. The largest absolute Gasteiger partial charge is 0.595 e. The average molecular weight is 283 g/mol. The number of hydrogen-bond acceptors (Lipinski definition) is 4. The van der Waals surface area contributed by atoms with Crippen molar-refractivity contribution in [3.05, 3.63) is 69.8 Å². The molecule has 0 aliphatic carbocycles. The van der Waals surface area contributed by atoms with Gasteiger partial charge in [-0.05, 0) is 25.1 Å². The normalized spacial score (nSPS) is 12.5. The number of aromatic nitrogens is 2. The molecule has 0 spiro atoms. The zero-order valence-electron chi connectivity index (χ0n) is 11.3. The second-order valence-corrected chi connectivity index (χ2v) is 4.70. The van der Waals surface area contributed by atoms with Crippen LogP contribution in [0.1, 0.15) is 5.69 Å². The number of nitrogens with zero attached hydrogens (tertiary/aromatic N) is 2. The van der Waals surface area contributed by atoms with Crippen LogP contribution in [-0.4, -0.2) is 15.0 Å². The molecule has 2 N–H and O–H groups in total. The molecule has 0 aliphatic heterocycles. The van der Waals surface area contributed by atoms with Crippen LogP contribution in [0.4, 0.5) is 5.69 Å². The van der Waals surface area contributed by atoms with Gasteiger partial charge >= 0.3 is 0 Å². The maximum Gasteiger partial charge on any atom is 0.279 e. The second-order valence-electron chi connectivity index (χ2n) is 4.70. The Labute approximate surface area is 120 Å². The number of hydrogen-bond donors (Lipinski definition) is 2. The van der Waals surface area contributed by atoms with Crippen molar-refractivity contribution in [1.29, 1.82) is 0 Å². The van der Waals surface area contributed by atoms with Crippen molar-refractivity contribution in [2.75, 3.05) is 0 Å². The maximum absolute atomic E-state index is 12.5. The van der Waals surface area contributed by atoms with Gasteiger partial charge in [-0.3, -0.25) is 4.79 Å². The van der Waals surface area contributed by atoms with E-state index in [1.165, 1.54) is 16.8 Å². The van der Waals surface area contributed by atoms with Gasteiger partial charge in [-0.1, -0.05) is 18.2 Å². The Hall–Kier alpha value is -2.54. The van der Waals surface area contributed by atoms with Crippen LogP contribution in [0, 0.1) is 12.1 Å². The Balaban J connectivity index is 2.21. The van der Waals surface area contributed by atoms with E-state index in [9.17, 15) is 10.0 Å². The van der Waals surface area contributed by atoms with E-state index in [-0.39, 0.29) is 11.2 Å². The molecule has 1 unspecified atom stereocenters. The first-order chi connectivity index (χ1) is 10.1. The minimum Gasteiger partial charge on any atom is -0.595 e. The van der Waals surface area contributed by atoms with Crippen molar-refractivity contribution < 1.29 is 10.4 Å². The molecule has 6 heteroatoms. The van der Waals surface area contributed by atoms with Crippen LogP contribution >= 0.6 is 0 Å². The number of quaternary nitrogens is 1. The lowest BCUT2D eigenvalue weighted by molar-refractivity contribution is -0.991. The van der Waals surface area contributed by atoms with Gasteiger partial charge in [0.1, 0.15) is 0 Å². The van der Waals surface area contributed by atoms with Crippen molar-refractivity contribution in [2.45, 2.75) is 6.92 Å². The Bertz CT molecular complexity index is 854. The van der Waals surface area contributed by atoms with Crippen molar-refractivity contribution in [3.8, 4) is 5.69 Å². The Morgan fingerprint density at radius 3 is 2.33 bits per heavy atom. The van der Waals surface area contributed by atoms with Gasteiger partial charge in [0, 0.05) is 17.5 Å². The van der Waals surface area contributed by atoms with Crippen LogP contribution < -0.4 is 10.8 Å². The fraction of sp³-hybridized carbons (Fsp3) is 0.0667. The van der Waals surface area contributed by atoms with Gasteiger partial charge in [-0.2, -0.15) is 15.0 Å². The molecule has 0 saturated heterocycles. The van der Waals surface area contributed by atoms with Crippen LogP contribution in [0.3, 0.4) is 0 Å². The molecule has 106 valence electrons. The first-order valence-corrected chi connectivity index (χ1v) is 6.40. The highest BCUT2D eigenvalue weighted by atomic mass is 16.8. The highest BCUT2D eigenvalue weighted by molar-refractivity contribution is 5.83. The summed E-state index contributed by atoms with van der Waals surface area (Å²) in [7, 11) is 0. The summed E-state index contributed by atoms with van der Waals surface area (Å²) in [5.74, 6) is 0. The molecule has 3 aromatic rings. The van der Waals surface area contributed by atoms with E-state index >= 15 is 0 Å². The number of benzene rings is 2. The first-order valence-electron chi connectivity index (χ1n) is 6.40. The lowest BCUT2D eigenvalue weighted by Gasteiger charge is -2.12. The Morgan fingerprint density at radius 1 is 1.10 bits per heavy atom. The van der Waals surface area contributed by atoms with Crippen LogP contribution in [0.15, 0.2) is 53.3 Å². The number of rotatable bonds is 2. The van der Waals surface area contributed by atoms with Gasteiger partial charge in [0.25, 0.3) is 5.56 Å². The van der Waals surface area contributed by atoms with E-state index in [1.807, 2.05) is 19.1 Å². The molecule has 2 aromatic carbocycles. The van der Waals surface area contributed by atoms with Crippen molar-refractivity contribution in [3.63, 3.8) is 0 Å². The lowest BCUT2D eigenvalue weighted by Crippen LogP contribution is -2.99. The minimum atomic E-state index is -1.00. The number of nitrogens with one attached hydrogen (secondary N) is 1. The molecule has 0 radical (unpaired) electrons. The third kappa shape index (κ3) is 2.31. The molecule has 1 aromatic heterocycles. The molecular formula is C15H13N3O3. The molecular weight excluding hydrogens is 270 g/mol. The predicted octanol–water partition coefficient (Wildman–Crippen LogP) is 1.10. The minimum absolute atomic E-state index is 0.171. The van der Waals surface area contributed by atoms with Gasteiger partial charge < -0.3 is 5.21 Å². The topological polar surface area (TPSA) is 82.6 Å². The summed E-state index contributed by atoms with van der Waals surface area (Å²) in [4.78, 5) is 12.5. The molecule has 21 heavy (non-hydrogen) atoms. The number of fused-ring (bicyclic) bond motifs is 1. The van der Waals surface area contributed by atoms with Crippen LogP contribution in [0.2, 0.25) is 0 Å². The molecule has 6 nitrogen and oxygen atoms in total. The van der Waals surface area contributed by atoms with Gasteiger partial charge in [-0.15, -0.1) is 0 Å². The summed E-state index contributed by atoms with van der Waals surface area (Å²) in [6.07, 6.45) is 0. The van der Waals surface area contributed by atoms with Gasteiger partial charge in [-0.25, -0.2) is 5.21 Å². The van der Waals surface area contributed by atoms with Crippen molar-refractivity contribution in [1.82, 2.24) is 9.78 Å². The molecule has 0 saturated carbocycles. The van der Waals surface area contributed by atoms with Crippen LogP contribution in [-0.2, 0) is 0 Å². The van der Waals surface area contributed by atoms with E-state index < -0.39 is 5.23 Å². The quantitative estimate of drug-likeness (QED) is 0.690. The smallest absolute Gasteiger partial charge is 0.279 e. The number of aryl methyl sites for hydroxylation is 1. The summed E-state index contributed by atoms with van der Waals surface area (Å²) < 4.78 is 1.29. The van der Waals surface area contributed by atoms with E-state index in [0.717, 1.165) is 11.1 Å². The molecule has 0 bridgehead atoms. The molecule has 1 atom stereocenters. The van der Waals surface area contributed by atoms with Gasteiger partial charge in [0.2, 0.25) is 0 Å². The second kappa shape index (κ2) is 5.10. The third-order valence-electron chi connectivity index (χ3n) is 3.35. The molecule has 3 rings (SSSR count). The van der Waals surface area contributed by atoms with E-state index in [4.69, 9.17) is 5.21 Å². The van der Waals surface area contributed by atoms with Crippen LogP contribution in [0.25, 0.3) is 16.5 Å². The van der Waals surface area contributed by atoms with E-state index in [1.54, 1.807) is 24.3 Å². The Morgan fingerprint density at radius 2 is 1.71 bits per heavy atom. The summed E-state index contributed by atoms with van der Waals surface area (Å²) >= 11 is 0. The van der Waals surface area contributed by atoms with Crippen molar-refractivity contribution in [2.24, 2.45) is 0 Å². The summed E-state index contributed by atoms with van der Waals surface area (Å²) in [6, 6.07) is 13.3. The fourth-order valence-electron chi connectivity index (χ4n) is 2.27. The predicted molar refractivity (Wildman–Crippen MR) is 77.9 cm³/mol. The average Bonchev–Trinajstić information content (AvgIpc) is 2.51. The van der Waals surface area contributed by atoms with Crippen molar-refractivity contribution >= 4 is 16.5 Å². The lowest BCUT2D eigenvalue weighted by atomic mass is 10.1. The van der Waals surface area contributed by atoms with Crippen LogP contribution in [0.5, 0.6) is 0 Å². The van der Waals surface area contributed by atoms with Gasteiger partial charge in [0.15, 0.2) is 5.69 Å². The standard InChI is InChI=1S/C15H13N3O3/c1-10-13-4-2-3-5-14(13)15(19)17(16-10)11-6-8-12(9-7-11)18(20)21/h2-9,18,20H,1H3. The molecule has 0 amide bonds. The summed E-state index contributed by atoms with van der Waals surface area (Å²) in [5, 5.41) is 24.5. The summed E-state index contributed by atoms with van der Waals surface area (Å²) in [5.41, 5.74) is 1.23. The fourth-order valence-corrected chi connectivity index (χ4v) is 2.27. The van der Waals surface area contributed by atoms with E-state index in [2.05, 4.69) is 5.10 Å². The highest BCUT2D eigenvalue weighted by Crippen LogP contribution is 2.14. The zero-order chi connectivity index (χ0) is 15.0. The highest BCUT2D eigenvalue weighted by Gasteiger charge is 2.09. The summed E-state index contributed by atoms with van der Waals surface area (Å²) in [6.45, 7) is 1.84.